The van der Waals surface area contributed by atoms with E-state index in [-0.39, 0.29) is 12.0 Å². The van der Waals surface area contributed by atoms with Crippen LogP contribution in [0.25, 0.3) is 10.8 Å². The van der Waals surface area contributed by atoms with Crippen LogP contribution in [-0.4, -0.2) is 23.0 Å². The lowest BCUT2D eigenvalue weighted by atomic mass is 10.0. The maximum Gasteiger partial charge on any atom is 0.416 e. The molecule has 0 radical (unpaired) electrons. The molecule has 1 amide bonds. The zero-order chi connectivity index (χ0) is 20.3. The van der Waals surface area contributed by atoms with E-state index >= 15 is 0 Å². The minimum atomic E-state index is -4.59. The summed E-state index contributed by atoms with van der Waals surface area (Å²) in [6.45, 7) is 0. The highest BCUT2D eigenvalue weighted by molar-refractivity contribution is 5.96. The number of fused-ring (bicyclic) bond motifs is 1. The van der Waals surface area contributed by atoms with Gasteiger partial charge in [0.25, 0.3) is 5.91 Å². The summed E-state index contributed by atoms with van der Waals surface area (Å²) in [7, 11) is 0. The number of amides is 1. The van der Waals surface area contributed by atoms with Gasteiger partial charge in [0.05, 0.1) is 5.56 Å². The normalized spacial score (nSPS) is 12.5. The number of nitrogens with one attached hydrogen (secondary N) is 1. The zero-order valence-corrected chi connectivity index (χ0v) is 14.5. The van der Waals surface area contributed by atoms with E-state index in [0.29, 0.717) is 11.6 Å². The molecule has 4 nitrogen and oxygen atoms in total. The lowest BCUT2D eigenvalue weighted by Gasteiger charge is -2.16. The number of alkyl halides is 3. The van der Waals surface area contributed by atoms with Gasteiger partial charge in [-0.15, -0.1) is 0 Å². The Labute approximate surface area is 158 Å². The summed E-state index contributed by atoms with van der Waals surface area (Å²) in [5.74, 6) is -2.15. The molecule has 0 aromatic heterocycles. The Morgan fingerprint density at radius 3 is 2.32 bits per heavy atom. The highest BCUT2D eigenvalue weighted by Crippen LogP contribution is 2.29. The van der Waals surface area contributed by atoms with Crippen molar-refractivity contribution in [1.82, 2.24) is 5.32 Å². The quantitative estimate of drug-likeness (QED) is 0.687. The summed E-state index contributed by atoms with van der Waals surface area (Å²) in [5, 5.41) is 13.7. The maximum atomic E-state index is 12.8. The molecule has 0 fully saturated rings. The Hall–Kier alpha value is -3.35. The third kappa shape index (κ3) is 4.49. The number of carbonyl (C=O) groups excluding carboxylic acids is 1. The average Bonchev–Trinajstić information content (AvgIpc) is 2.66. The minimum Gasteiger partial charge on any atom is -0.480 e. The first-order valence-electron chi connectivity index (χ1n) is 8.42. The molecule has 0 spiro atoms. The Morgan fingerprint density at radius 2 is 1.64 bits per heavy atom. The molecule has 7 heteroatoms. The predicted molar refractivity (Wildman–Crippen MR) is 98.0 cm³/mol. The number of carbonyl (C=O) groups is 2. The van der Waals surface area contributed by atoms with Crippen LogP contribution in [0.5, 0.6) is 0 Å². The molecule has 28 heavy (non-hydrogen) atoms. The second kappa shape index (κ2) is 7.72. The number of carboxylic acid groups (broad SMARTS) is 1. The van der Waals surface area contributed by atoms with Crippen LogP contribution in [0, 0.1) is 0 Å². The molecule has 3 aromatic rings. The minimum absolute atomic E-state index is 0.00483. The van der Waals surface area contributed by atoms with Crippen LogP contribution in [-0.2, 0) is 17.4 Å². The van der Waals surface area contributed by atoms with Crippen molar-refractivity contribution in [3.63, 3.8) is 0 Å². The average molecular weight is 387 g/mol. The van der Waals surface area contributed by atoms with Gasteiger partial charge in [-0.25, -0.2) is 4.79 Å². The maximum absolute atomic E-state index is 12.8. The number of hydrogen-bond donors (Lipinski definition) is 2. The highest BCUT2D eigenvalue weighted by atomic mass is 19.4. The molecule has 0 saturated carbocycles. The van der Waals surface area contributed by atoms with Crippen LogP contribution in [0.1, 0.15) is 21.5 Å². The first kappa shape index (κ1) is 19.4. The van der Waals surface area contributed by atoms with Crippen molar-refractivity contribution in [3.05, 3.63) is 83.4 Å². The summed E-state index contributed by atoms with van der Waals surface area (Å²) in [6.07, 6.45) is -4.58. The topological polar surface area (TPSA) is 66.4 Å². The van der Waals surface area contributed by atoms with Gasteiger partial charge in [-0.3, -0.25) is 4.79 Å². The molecule has 0 aliphatic heterocycles. The Morgan fingerprint density at radius 1 is 0.929 bits per heavy atom. The molecule has 3 rings (SSSR count). The number of hydrogen-bond acceptors (Lipinski definition) is 2. The largest absolute Gasteiger partial charge is 0.480 e. The summed E-state index contributed by atoms with van der Waals surface area (Å²) < 4.78 is 38.4. The van der Waals surface area contributed by atoms with Crippen molar-refractivity contribution in [1.29, 1.82) is 0 Å². The fraction of sp³-hybridized carbons (Fsp3) is 0.143. The highest BCUT2D eigenvalue weighted by Gasteiger charge is 2.31. The Balaban J connectivity index is 1.79. The lowest BCUT2D eigenvalue weighted by molar-refractivity contribution is -0.139. The number of aliphatic carboxylic acids is 1. The summed E-state index contributed by atoms with van der Waals surface area (Å²) >= 11 is 0. The van der Waals surface area contributed by atoms with Gasteiger partial charge >= 0.3 is 12.1 Å². The van der Waals surface area contributed by atoms with Gasteiger partial charge in [-0.05, 0) is 34.5 Å². The number of rotatable bonds is 5. The second-order valence-corrected chi connectivity index (χ2v) is 6.33. The van der Waals surface area contributed by atoms with Crippen LogP contribution in [0.3, 0.4) is 0 Å². The molecule has 144 valence electrons. The molecule has 0 aliphatic rings. The fourth-order valence-electron chi connectivity index (χ4n) is 2.88. The zero-order valence-electron chi connectivity index (χ0n) is 14.5. The van der Waals surface area contributed by atoms with Gasteiger partial charge < -0.3 is 10.4 Å². The second-order valence-electron chi connectivity index (χ2n) is 6.33. The van der Waals surface area contributed by atoms with Crippen molar-refractivity contribution in [2.45, 2.75) is 18.6 Å². The fourth-order valence-corrected chi connectivity index (χ4v) is 2.88. The van der Waals surface area contributed by atoms with E-state index in [1.165, 1.54) is 6.07 Å². The molecule has 0 saturated heterocycles. The van der Waals surface area contributed by atoms with Crippen LogP contribution in [0.2, 0.25) is 0 Å². The van der Waals surface area contributed by atoms with E-state index in [9.17, 15) is 27.9 Å². The van der Waals surface area contributed by atoms with Crippen LogP contribution in [0.4, 0.5) is 13.2 Å². The molecule has 1 atom stereocenters. The first-order chi connectivity index (χ1) is 13.2. The molecule has 3 aromatic carbocycles. The number of halogens is 3. The lowest BCUT2D eigenvalue weighted by Crippen LogP contribution is -2.42. The van der Waals surface area contributed by atoms with E-state index in [1.807, 2.05) is 36.4 Å². The van der Waals surface area contributed by atoms with Gasteiger partial charge in [0.2, 0.25) is 0 Å². The number of carboxylic acids is 1. The molecular weight excluding hydrogens is 371 g/mol. The van der Waals surface area contributed by atoms with Crippen molar-refractivity contribution in [2.75, 3.05) is 0 Å². The third-order valence-corrected chi connectivity index (χ3v) is 4.31. The smallest absolute Gasteiger partial charge is 0.416 e. The van der Waals surface area contributed by atoms with Crippen LogP contribution in [0.15, 0.2) is 66.7 Å². The van der Waals surface area contributed by atoms with Crippen molar-refractivity contribution in [3.8, 4) is 0 Å². The van der Waals surface area contributed by atoms with E-state index in [0.717, 1.165) is 22.9 Å². The van der Waals surface area contributed by atoms with E-state index in [2.05, 4.69) is 5.32 Å². The predicted octanol–water partition coefficient (Wildman–Crippen LogP) is 4.28. The van der Waals surface area contributed by atoms with Gasteiger partial charge in [-0.2, -0.15) is 13.2 Å². The molecule has 0 unspecified atom stereocenters. The Bertz CT molecular complexity index is 1030. The molecule has 2 N–H and O–H groups in total. The van der Waals surface area contributed by atoms with E-state index < -0.39 is 29.7 Å². The summed E-state index contributed by atoms with van der Waals surface area (Å²) in [5.41, 5.74) is -0.531. The van der Waals surface area contributed by atoms with Crippen molar-refractivity contribution in [2.24, 2.45) is 0 Å². The van der Waals surface area contributed by atoms with Gasteiger partial charge in [0.1, 0.15) is 6.04 Å². The SMILES string of the molecule is O=C(N[C@H](Cc1ccc2ccccc2c1)C(=O)O)c1cccc(C(F)(F)F)c1. The molecular formula is C21H16F3NO3. The van der Waals surface area contributed by atoms with Crippen molar-refractivity contribution >= 4 is 22.6 Å². The Kier molecular flexibility index (Phi) is 5.35. The van der Waals surface area contributed by atoms with Gasteiger partial charge in [0, 0.05) is 12.0 Å². The van der Waals surface area contributed by atoms with Crippen molar-refractivity contribution < 1.29 is 27.9 Å². The van der Waals surface area contributed by atoms with Gasteiger partial charge in [-0.1, -0.05) is 48.5 Å². The molecule has 0 heterocycles. The monoisotopic (exact) mass is 387 g/mol. The van der Waals surface area contributed by atoms with Crippen LogP contribution < -0.4 is 5.32 Å². The van der Waals surface area contributed by atoms with E-state index in [4.69, 9.17) is 0 Å². The first-order valence-corrected chi connectivity index (χ1v) is 8.42. The molecule has 0 bridgehead atoms. The standard InChI is InChI=1S/C21H16F3NO3/c22-21(23,24)17-7-3-6-16(12-17)19(26)25-18(20(27)28)11-13-8-9-14-4-1-2-5-15(14)10-13/h1-10,12,18H,11H2,(H,25,26)(H,27,28)/t18-/m1/s1. The number of benzene rings is 3. The summed E-state index contributed by atoms with van der Waals surface area (Å²) in [6, 6.07) is 15.6. The third-order valence-electron chi connectivity index (χ3n) is 4.31. The van der Waals surface area contributed by atoms with Gasteiger partial charge in [0.15, 0.2) is 0 Å². The van der Waals surface area contributed by atoms with Crippen LogP contribution >= 0.6 is 0 Å². The summed E-state index contributed by atoms with van der Waals surface area (Å²) in [4.78, 5) is 23.9. The molecule has 0 aliphatic carbocycles. The van der Waals surface area contributed by atoms with E-state index in [1.54, 1.807) is 6.07 Å².